The van der Waals surface area contributed by atoms with E-state index in [9.17, 15) is 0 Å². The van der Waals surface area contributed by atoms with Crippen molar-refractivity contribution in [3.63, 3.8) is 0 Å². The number of hydrogen-bond donors (Lipinski definition) is 0. The van der Waals surface area contributed by atoms with Gasteiger partial charge < -0.3 is 9.64 Å². The van der Waals surface area contributed by atoms with Crippen LogP contribution in [0.2, 0.25) is 0 Å². The van der Waals surface area contributed by atoms with Crippen LogP contribution in [0, 0.1) is 29.6 Å². The number of nitrogens with zero attached hydrogens (tertiary/aromatic N) is 1. The van der Waals surface area contributed by atoms with Crippen molar-refractivity contribution in [3.8, 4) is 11.8 Å². The van der Waals surface area contributed by atoms with Crippen molar-refractivity contribution in [3.05, 3.63) is 0 Å². The highest BCUT2D eigenvalue weighted by Gasteiger charge is 2.17. The third-order valence-corrected chi connectivity index (χ3v) is 3.88. The molecule has 1 fully saturated rings. The Morgan fingerprint density at radius 1 is 1.10 bits per heavy atom. The summed E-state index contributed by atoms with van der Waals surface area (Å²) in [5.74, 6) is 8.70. The average molecular weight is 279 g/mol. The maximum atomic E-state index is 5.70. The fourth-order valence-electron chi connectivity index (χ4n) is 2.44. The zero-order chi connectivity index (χ0) is 14.8. The average Bonchev–Trinajstić information content (AvgIpc) is 2.39. The molecule has 1 rings (SSSR count). The molecule has 0 N–H and O–H groups in total. The Morgan fingerprint density at radius 3 is 2.40 bits per heavy atom. The normalized spacial score (nSPS) is 17.5. The van der Waals surface area contributed by atoms with Crippen molar-refractivity contribution < 1.29 is 4.74 Å². The molecular weight excluding hydrogens is 246 g/mol. The van der Waals surface area contributed by atoms with Gasteiger partial charge in [0.15, 0.2) is 0 Å². The van der Waals surface area contributed by atoms with E-state index >= 15 is 0 Å². The summed E-state index contributed by atoms with van der Waals surface area (Å²) in [6, 6.07) is 0. The van der Waals surface area contributed by atoms with Crippen molar-refractivity contribution in [1.82, 2.24) is 4.90 Å². The van der Waals surface area contributed by atoms with E-state index in [1.165, 1.54) is 32.4 Å². The number of ether oxygens (including phenoxy) is 1. The third kappa shape index (κ3) is 8.61. The van der Waals surface area contributed by atoms with E-state index in [1.807, 2.05) is 0 Å². The quantitative estimate of drug-likeness (QED) is 0.519. The van der Waals surface area contributed by atoms with Crippen LogP contribution in [-0.4, -0.2) is 37.7 Å². The first-order chi connectivity index (χ1) is 9.58. The van der Waals surface area contributed by atoms with Gasteiger partial charge in [-0.25, -0.2) is 0 Å². The number of rotatable bonds is 7. The minimum Gasteiger partial charge on any atom is -0.380 e. The molecule has 1 aliphatic heterocycles. The molecule has 0 unspecified atom stereocenters. The fourth-order valence-corrected chi connectivity index (χ4v) is 2.44. The summed E-state index contributed by atoms with van der Waals surface area (Å²) < 4.78 is 5.70. The van der Waals surface area contributed by atoms with Crippen molar-refractivity contribution >= 4 is 0 Å². The van der Waals surface area contributed by atoms with E-state index in [0.29, 0.717) is 5.92 Å². The highest BCUT2D eigenvalue weighted by molar-refractivity contribution is 5.02. The van der Waals surface area contributed by atoms with Gasteiger partial charge in [-0.2, -0.15) is 0 Å². The first-order valence-corrected chi connectivity index (χ1v) is 8.36. The summed E-state index contributed by atoms with van der Waals surface area (Å²) >= 11 is 0. The predicted octanol–water partition coefficient (Wildman–Crippen LogP) is 3.81. The summed E-state index contributed by atoms with van der Waals surface area (Å²) in [4.78, 5) is 2.54. The van der Waals surface area contributed by atoms with Gasteiger partial charge in [0, 0.05) is 25.5 Å². The Kier molecular flexibility index (Phi) is 8.98. The van der Waals surface area contributed by atoms with Gasteiger partial charge in [0.1, 0.15) is 0 Å². The maximum Gasteiger partial charge on any atom is 0.0593 e. The van der Waals surface area contributed by atoms with E-state index < -0.39 is 0 Å². The standard InChI is InChI=1S/C18H33NO/c1-16(2)6-5-7-18-8-11-19(12-9-18)13-15-20-14-10-17(3)4/h16-18H,7-15H2,1-4H3. The molecule has 116 valence electrons. The third-order valence-electron chi connectivity index (χ3n) is 3.88. The van der Waals surface area contributed by atoms with Gasteiger partial charge in [0.25, 0.3) is 0 Å². The van der Waals surface area contributed by atoms with E-state index in [0.717, 1.165) is 38.0 Å². The van der Waals surface area contributed by atoms with Gasteiger partial charge >= 0.3 is 0 Å². The molecule has 0 saturated carbocycles. The predicted molar refractivity (Wildman–Crippen MR) is 86.7 cm³/mol. The summed E-state index contributed by atoms with van der Waals surface area (Å²) in [5, 5.41) is 0. The molecule has 2 heteroatoms. The summed E-state index contributed by atoms with van der Waals surface area (Å²) in [5.41, 5.74) is 0. The Balaban J connectivity index is 2.03. The van der Waals surface area contributed by atoms with Crippen LogP contribution in [0.1, 0.15) is 53.4 Å². The van der Waals surface area contributed by atoms with E-state index in [2.05, 4.69) is 44.4 Å². The van der Waals surface area contributed by atoms with Gasteiger partial charge in [-0.3, -0.25) is 0 Å². The lowest BCUT2D eigenvalue weighted by atomic mass is 9.93. The largest absolute Gasteiger partial charge is 0.380 e. The highest BCUT2D eigenvalue weighted by Crippen LogP contribution is 2.19. The lowest BCUT2D eigenvalue weighted by Crippen LogP contribution is -2.36. The molecule has 0 atom stereocenters. The Hall–Kier alpha value is -0.520. The van der Waals surface area contributed by atoms with Crippen molar-refractivity contribution in [2.75, 3.05) is 32.8 Å². The van der Waals surface area contributed by atoms with Gasteiger partial charge in [0.2, 0.25) is 0 Å². The molecule has 0 aromatic carbocycles. The molecule has 0 bridgehead atoms. The van der Waals surface area contributed by atoms with Crippen LogP contribution in [0.5, 0.6) is 0 Å². The summed E-state index contributed by atoms with van der Waals surface area (Å²) in [7, 11) is 0. The van der Waals surface area contributed by atoms with Crippen molar-refractivity contribution in [2.45, 2.75) is 53.4 Å². The second-order valence-electron chi connectivity index (χ2n) is 6.76. The van der Waals surface area contributed by atoms with Crippen LogP contribution in [0.3, 0.4) is 0 Å². The van der Waals surface area contributed by atoms with Crippen LogP contribution in [0.25, 0.3) is 0 Å². The van der Waals surface area contributed by atoms with Crippen molar-refractivity contribution in [2.24, 2.45) is 17.8 Å². The molecule has 20 heavy (non-hydrogen) atoms. The first-order valence-electron chi connectivity index (χ1n) is 8.36. The zero-order valence-corrected chi connectivity index (χ0v) is 14.0. The Morgan fingerprint density at radius 2 is 1.80 bits per heavy atom. The second kappa shape index (κ2) is 10.2. The minimum absolute atomic E-state index is 0.512. The number of likely N-dealkylation sites (tertiary alicyclic amines) is 1. The van der Waals surface area contributed by atoms with E-state index in [1.54, 1.807) is 0 Å². The summed E-state index contributed by atoms with van der Waals surface area (Å²) in [6.07, 6.45) is 4.88. The Labute approximate surface area is 126 Å². The second-order valence-corrected chi connectivity index (χ2v) is 6.76. The lowest BCUT2D eigenvalue weighted by Gasteiger charge is -2.31. The van der Waals surface area contributed by atoms with E-state index in [-0.39, 0.29) is 0 Å². The van der Waals surface area contributed by atoms with Gasteiger partial charge in [0.05, 0.1) is 6.61 Å². The Bertz CT molecular complexity index is 292. The number of piperidine rings is 1. The first kappa shape index (κ1) is 17.5. The monoisotopic (exact) mass is 279 g/mol. The SMILES string of the molecule is CC(C)C#CCC1CCN(CCOCCC(C)C)CC1. The van der Waals surface area contributed by atoms with Crippen molar-refractivity contribution in [1.29, 1.82) is 0 Å². The summed E-state index contributed by atoms with van der Waals surface area (Å²) in [6.45, 7) is 14.2. The smallest absolute Gasteiger partial charge is 0.0593 e. The molecule has 0 aromatic rings. The fraction of sp³-hybridized carbons (Fsp3) is 0.889. The maximum absolute atomic E-state index is 5.70. The van der Waals surface area contributed by atoms with Crippen LogP contribution >= 0.6 is 0 Å². The highest BCUT2D eigenvalue weighted by atomic mass is 16.5. The zero-order valence-electron chi connectivity index (χ0n) is 14.0. The van der Waals surface area contributed by atoms with Crippen LogP contribution in [-0.2, 0) is 4.74 Å². The molecule has 0 radical (unpaired) electrons. The molecule has 0 spiro atoms. The molecular formula is C18H33NO. The lowest BCUT2D eigenvalue weighted by molar-refractivity contribution is 0.0830. The van der Waals surface area contributed by atoms with Gasteiger partial charge in [-0.15, -0.1) is 11.8 Å². The number of hydrogen-bond acceptors (Lipinski definition) is 2. The van der Waals surface area contributed by atoms with Crippen LogP contribution < -0.4 is 0 Å². The molecule has 1 saturated heterocycles. The van der Waals surface area contributed by atoms with Crippen LogP contribution in [0.15, 0.2) is 0 Å². The van der Waals surface area contributed by atoms with Crippen LogP contribution in [0.4, 0.5) is 0 Å². The molecule has 0 amide bonds. The topological polar surface area (TPSA) is 12.5 Å². The van der Waals surface area contributed by atoms with E-state index in [4.69, 9.17) is 4.74 Å². The molecule has 0 aliphatic carbocycles. The molecule has 1 heterocycles. The van der Waals surface area contributed by atoms with Gasteiger partial charge in [-0.1, -0.05) is 27.7 Å². The molecule has 1 aliphatic rings. The minimum atomic E-state index is 0.512. The molecule has 2 nitrogen and oxygen atoms in total. The van der Waals surface area contributed by atoms with Gasteiger partial charge in [-0.05, 0) is 44.2 Å². The molecule has 0 aromatic heterocycles.